The fraction of sp³-hybridized carbons (Fsp3) is 0.500. The average molecular weight is 220 g/mol. The Bertz CT molecular complexity index is 314. The molecule has 0 radical (unpaired) electrons. The number of hydrogen-bond donors (Lipinski definition) is 1. The Balaban J connectivity index is 2.38. The zero-order chi connectivity index (χ0) is 11.8. The minimum absolute atomic E-state index is 0.217. The smallest absolute Gasteiger partial charge is 0.303 e. The Morgan fingerprint density at radius 3 is 2.12 bits per heavy atom. The molecule has 0 unspecified atom stereocenters. The molecule has 0 atom stereocenters. The van der Waals surface area contributed by atoms with Crippen LogP contribution in [0.25, 0.3) is 0 Å². The van der Waals surface area contributed by atoms with Gasteiger partial charge in [0.15, 0.2) is 0 Å². The van der Waals surface area contributed by atoms with Gasteiger partial charge in [0.1, 0.15) is 0 Å². The standard InChI is InChI=1S/C14H20O2/c1-2-3-4-5-12-6-8-13(9-7-12)10-11-14(15)16/h6-9H,2-5,10-11H2,1H3,(H,15,16). The van der Waals surface area contributed by atoms with Gasteiger partial charge in [-0.05, 0) is 30.4 Å². The van der Waals surface area contributed by atoms with Gasteiger partial charge in [-0.3, -0.25) is 4.79 Å². The molecular formula is C14H20O2. The second kappa shape index (κ2) is 7.04. The first-order valence-corrected chi connectivity index (χ1v) is 6.02. The zero-order valence-corrected chi connectivity index (χ0v) is 9.91. The summed E-state index contributed by atoms with van der Waals surface area (Å²) >= 11 is 0. The van der Waals surface area contributed by atoms with Crippen LogP contribution in [0, 0.1) is 0 Å². The molecule has 0 aliphatic rings. The Kier molecular flexibility index (Phi) is 5.62. The topological polar surface area (TPSA) is 37.3 Å². The van der Waals surface area contributed by atoms with E-state index >= 15 is 0 Å². The summed E-state index contributed by atoms with van der Waals surface area (Å²) in [4.78, 5) is 10.4. The lowest BCUT2D eigenvalue weighted by Crippen LogP contribution is -1.97. The van der Waals surface area contributed by atoms with Gasteiger partial charge >= 0.3 is 5.97 Å². The van der Waals surface area contributed by atoms with Gasteiger partial charge in [-0.25, -0.2) is 0 Å². The number of rotatable bonds is 7. The van der Waals surface area contributed by atoms with E-state index in [0.29, 0.717) is 6.42 Å². The van der Waals surface area contributed by atoms with Crippen LogP contribution in [0.2, 0.25) is 0 Å². The highest BCUT2D eigenvalue weighted by Crippen LogP contribution is 2.10. The molecular weight excluding hydrogens is 200 g/mol. The maximum absolute atomic E-state index is 10.4. The predicted molar refractivity (Wildman–Crippen MR) is 65.6 cm³/mol. The van der Waals surface area contributed by atoms with Gasteiger partial charge < -0.3 is 5.11 Å². The van der Waals surface area contributed by atoms with Crippen molar-refractivity contribution in [2.45, 2.75) is 45.4 Å². The molecule has 16 heavy (non-hydrogen) atoms. The van der Waals surface area contributed by atoms with Gasteiger partial charge in [0.25, 0.3) is 0 Å². The molecule has 1 aromatic rings. The third-order valence-corrected chi connectivity index (χ3v) is 2.72. The Hall–Kier alpha value is -1.31. The maximum atomic E-state index is 10.4. The quantitative estimate of drug-likeness (QED) is 0.715. The number of hydrogen-bond acceptors (Lipinski definition) is 1. The van der Waals surface area contributed by atoms with E-state index in [9.17, 15) is 4.79 Å². The van der Waals surface area contributed by atoms with E-state index in [0.717, 1.165) is 12.0 Å². The van der Waals surface area contributed by atoms with Crippen LogP contribution in [0.15, 0.2) is 24.3 Å². The number of unbranched alkanes of at least 4 members (excludes halogenated alkanes) is 2. The summed E-state index contributed by atoms with van der Waals surface area (Å²) < 4.78 is 0. The van der Waals surface area contributed by atoms with E-state index in [4.69, 9.17) is 5.11 Å². The van der Waals surface area contributed by atoms with Crippen molar-refractivity contribution in [3.63, 3.8) is 0 Å². The molecule has 0 saturated heterocycles. The van der Waals surface area contributed by atoms with Crippen LogP contribution in [-0.4, -0.2) is 11.1 Å². The molecule has 0 fully saturated rings. The van der Waals surface area contributed by atoms with Gasteiger partial charge in [0.2, 0.25) is 0 Å². The Labute approximate surface area is 97.3 Å². The lowest BCUT2D eigenvalue weighted by atomic mass is 10.0. The first-order chi connectivity index (χ1) is 7.72. The van der Waals surface area contributed by atoms with E-state index in [1.165, 1.54) is 24.8 Å². The van der Waals surface area contributed by atoms with Crippen LogP contribution in [0.5, 0.6) is 0 Å². The molecule has 0 spiro atoms. The molecule has 2 nitrogen and oxygen atoms in total. The number of carboxylic acid groups (broad SMARTS) is 1. The molecule has 0 heterocycles. The van der Waals surface area contributed by atoms with E-state index in [1.807, 2.05) is 12.1 Å². The van der Waals surface area contributed by atoms with Crippen molar-refractivity contribution in [2.24, 2.45) is 0 Å². The number of carboxylic acids is 1. The second-order valence-electron chi connectivity index (χ2n) is 4.17. The fourth-order valence-electron chi connectivity index (χ4n) is 1.70. The second-order valence-corrected chi connectivity index (χ2v) is 4.17. The van der Waals surface area contributed by atoms with Crippen LogP contribution < -0.4 is 0 Å². The van der Waals surface area contributed by atoms with E-state index in [-0.39, 0.29) is 6.42 Å². The highest BCUT2D eigenvalue weighted by atomic mass is 16.4. The van der Waals surface area contributed by atoms with E-state index in [2.05, 4.69) is 19.1 Å². The fourth-order valence-corrected chi connectivity index (χ4v) is 1.70. The van der Waals surface area contributed by atoms with Gasteiger partial charge in [-0.1, -0.05) is 44.0 Å². The number of carbonyl (C=O) groups is 1. The largest absolute Gasteiger partial charge is 0.481 e. The summed E-state index contributed by atoms with van der Waals surface area (Å²) in [5.74, 6) is -0.730. The van der Waals surface area contributed by atoms with Crippen molar-refractivity contribution in [1.29, 1.82) is 0 Å². The molecule has 2 heteroatoms. The summed E-state index contributed by atoms with van der Waals surface area (Å²) in [5.41, 5.74) is 2.47. The summed E-state index contributed by atoms with van der Waals surface area (Å²) in [6.45, 7) is 2.20. The molecule has 1 rings (SSSR count). The third kappa shape index (κ3) is 4.96. The lowest BCUT2D eigenvalue weighted by Gasteiger charge is -2.03. The van der Waals surface area contributed by atoms with Gasteiger partial charge in [-0.2, -0.15) is 0 Å². The summed E-state index contributed by atoms with van der Waals surface area (Å²) in [6.07, 6.45) is 5.75. The highest BCUT2D eigenvalue weighted by molar-refractivity contribution is 5.67. The van der Waals surface area contributed by atoms with Crippen LogP contribution in [0.3, 0.4) is 0 Å². The van der Waals surface area contributed by atoms with Gasteiger partial charge in [0.05, 0.1) is 0 Å². The Morgan fingerprint density at radius 2 is 1.62 bits per heavy atom. The van der Waals surface area contributed by atoms with Crippen molar-refractivity contribution in [1.82, 2.24) is 0 Å². The molecule has 0 aliphatic heterocycles. The van der Waals surface area contributed by atoms with Crippen molar-refractivity contribution < 1.29 is 9.90 Å². The highest BCUT2D eigenvalue weighted by Gasteiger charge is 1.99. The average Bonchev–Trinajstić information content (AvgIpc) is 2.28. The van der Waals surface area contributed by atoms with Crippen molar-refractivity contribution in [3.8, 4) is 0 Å². The van der Waals surface area contributed by atoms with Crippen LogP contribution in [0.4, 0.5) is 0 Å². The number of aliphatic carboxylic acids is 1. The molecule has 88 valence electrons. The van der Waals surface area contributed by atoms with Crippen molar-refractivity contribution >= 4 is 5.97 Å². The predicted octanol–water partition coefficient (Wildman–Crippen LogP) is 3.44. The minimum Gasteiger partial charge on any atom is -0.481 e. The zero-order valence-electron chi connectivity index (χ0n) is 9.91. The van der Waals surface area contributed by atoms with E-state index in [1.54, 1.807) is 0 Å². The SMILES string of the molecule is CCCCCc1ccc(CCC(=O)O)cc1. The monoisotopic (exact) mass is 220 g/mol. The molecule has 1 aromatic carbocycles. The normalized spacial score (nSPS) is 10.3. The van der Waals surface area contributed by atoms with Crippen LogP contribution in [0.1, 0.15) is 43.7 Å². The van der Waals surface area contributed by atoms with Crippen molar-refractivity contribution in [3.05, 3.63) is 35.4 Å². The molecule has 0 amide bonds. The third-order valence-electron chi connectivity index (χ3n) is 2.72. The van der Waals surface area contributed by atoms with Crippen molar-refractivity contribution in [2.75, 3.05) is 0 Å². The maximum Gasteiger partial charge on any atom is 0.303 e. The first-order valence-electron chi connectivity index (χ1n) is 6.02. The molecule has 1 N–H and O–H groups in total. The van der Waals surface area contributed by atoms with Gasteiger partial charge in [-0.15, -0.1) is 0 Å². The number of aryl methyl sites for hydroxylation is 2. The Morgan fingerprint density at radius 1 is 1.06 bits per heavy atom. The molecule has 0 aromatic heterocycles. The summed E-state index contributed by atoms with van der Waals surface area (Å²) in [5, 5.41) is 8.57. The van der Waals surface area contributed by atoms with Crippen LogP contribution in [-0.2, 0) is 17.6 Å². The first kappa shape index (κ1) is 12.8. The van der Waals surface area contributed by atoms with Gasteiger partial charge in [0, 0.05) is 6.42 Å². The molecule has 0 bridgehead atoms. The van der Waals surface area contributed by atoms with Crippen LogP contribution >= 0.6 is 0 Å². The number of benzene rings is 1. The molecule has 0 saturated carbocycles. The minimum atomic E-state index is -0.730. The van der Waals surface area contributed by atoms with E-state index < -0.39 is 5.97 Å². The lowest BCUT2D eigenvalue weighted by molar-refractivity contribution is -0.136. The summed E-state index contributed by atoms with van der Waals surface area (Å²) in [7, 11) is 0. The molecule has 0 aliphatic carbocycles. The summed E-state index contributed by atoms with van der Waals surface area (Å²) in [6, 6.07) is 8.33.